The van der Waals surface area contributed by atoms with Crippen LogP contribution in [-0.4, -0.2) is 17.1 Å². The zero-order chi connectivity index (χ0) is 18.1. The first-order chi connectivity index (χ1) is 12.7. The topological polar surface area (TPSA) is 47.0 Å². The van der Waals surface area contributed by atoms with Crippen LogP contribution < -0.4 is 10.1 Å². The van der Waals surface area contributed by atoms with Crippen LogP contribution in [0.2, 0.25) is 5.02 Å². The molecule has 0 bridgehead atoms. The van der Waals surface area contributed by atoms with Crippen molar-refractivity contribution in [3.8, 4) is 5.75 Å². The molecule has 1 aliphatic carbocycles. The number of hydrogen-bond donors (Lipinski definition) is 1. The zero-order valence-corrected chi connectivity index (χ0v) is 15.2. The van der Waals surface area contributed by atoms with Gasteiger partial charge in [-0.1, -0.05) is 24.4 Å². The minimum atomic E-state index is -0.454. The lowest BCUT2D eigenvalue weighted by Crippen LogP contribution is -2.03. The van der Waals surface area contributed by atoms with Crippen molar-refractivity contribution in [2.75, 3.05) is 12.4 Å². The molecule has 26 heavy (non-hydrogen) atoms. The molecule has 0 aliphatic heterocycles. The maximum atomic E-state index is 13.3. The van der Waals surface area contributed by atoms with Crippen LogP contribution in [0.3, 0.4) is 0 Å². The Balaban J connectivity index is 1.77. The first kappa shape index (κ1) is 17.0. The highest BCUT2D eigenvalue weighted by molar-refractivity contribution is 6.31. The van der Waals surface area contributed by atoms with Crippen molar-refractivity contribution in [1.29, 1.82) is 0 Å². The highest BCUT2D eigenvalue weighted by Gasteiger charge is 2.24. The third-order valence-corrected chi connectivity index (χ3v) is 5.20. The number of halogens is 2. The van der Waals surface area contributed by atoms with Gasteiger partial charge in [0.1, 0.15) is 11.6 Å². The summed E-state index contributed by atoms with van der Waals surface area (Å²) in [5.74, 6) is 1.33. The lowest BCUT2D eigenvalue weighted by molar-refractivity contribution is 0.406. The number of hydrogen-bond acceptors (Lipinski definition) is 4. The summed E-state index contributed by atoms with van der Waals surface area (Å²) in [5.41, 5.74) is 2.70. The maximum absolute atomic E-state index is 13.3. The molecule has 1 aromatic heterocycles. The smallest absolute Gasteiger partial charge is 0.227 e. The molecule has 1 fully saturated rings. The Kier molecular flexibility index (Phi) is 4.64. The van der Waals surface area contributed by atoms with E-state index in [1.807, 2.05) is 12.1 Å². The van der Waals surface area contributed by atoms with Crippen LogP contribution in [0.15, 0.2) is 36.5 Å². The molecule has 3 aromatic rings. The van der Waals surface area contributed by atoms with Gasteiger partial charge in [-0.05, 0) is 49.1 Å². The molecule has 2 aromatic carbocycles. The molecule has 0 amide bonds. The molecule has 1 N–H and O–H groups in total. The fourth-order valence-electron chi connectivity index (χ4n) is 3.65. The van der Waals surface area contributed by atoms with E-state index in [4.69, 9.17) is 21.3 Å². The summed E-state index contributed by atoms with van der Waals surface area (Å²) in [5, 5.41) is 4.15. The first-order valence-corrected chi connectivity index (χ1v) is 9.09. The third kappa shape index (κ3) is 3.19. The highest BCUT2D eigenvalue weighted by atomic mass is 35.5. The van der Waals surface area contributed by atoms with Crippen molar-refractivity contribution in [1.82, 2.24) is 9.97 Å². The van der Waals surface area contributed by atoms with Crippen LogP contribution in [0.5, 0.6) is 5.75 Å². The van der Waals surface area contributed by atoms with Gasteiger partial charge >= 0.3 is 0 Å². The summed E-state index contributed by atoms with van der Waals surface area (Å²) < 4.78 is 19.0. The molecule has 1 aliphatic rings. The van der Waals surface area contributed by atoms with Crippen molar-refractivity contribution in [2.24, 2.45) is 0 Å². The van der Waals surface area contributed by atoms with Gasteiger partial charge < -0.3 is 10.1 Å². The Morgan fingerprint density at radius 3 is 2.73 bits per heavy atom. The lowest BCUT2D eigenvalue weighted by atomic mass is 9.94. The second-order valence-electron chi connectivity index (χ2n) is 6.55. The normalized spacial score (nSPS) is 14.7. The van der Waals surface area contributed by atoms with Gasteiger partial charge in [0, 0.05) is 22.8 Å². The molecular weight excluding hydrogens is 353 g/mol. The minimum Gasteiger partial charge on any atom is -0.496 e. The Morgan fingerprint density at radius 2 is 2.00 bits per heavy atom. The average Bonchev–Trinajstić information content (AvgIpc) is 3.18. The zero-order valence-electron chi connectivity index (χ0n) is 14.4. The number of nitrogens with zero attached hydrogens (tertiary/aromatic N) is 2. The van der Waals surface area contributed by atoms with E-state index >= 15 is 0 Å². The van der Waals surface area contributed by atoms with Crippen LogP contribution >= 0.6 is 11.6 Å². The van der Waals surface area contributed by atoms with Crippen LogP contribution in [0.25, 0.3) is 10.9 Å². The molecule has 0 radical (unpaired) electrons. The lowest BCUT2D eigenvalue weighted by Gasteiger charge is -2.17. The summed E-state index contributed by atoms with van der Waals surface area (Å²) in [6.07, 6.45) is 6.56. The van der Waals surface area contributed by atoms with Gasteiger partial charge in [0.2, 0.25) is 5.95 Å². The fourth-order valence-corrected chi connectivity index (χ4v) is 3.83. The Bertz CT molecular complexity index is 957. The monoisotopic (exact) mass is 371 g/mol. The van der Waals surface area contributed by atoms with Crippen molar-refractivity contribution >= 4 is 34.1 Å². The molecule has 0 saturated heterocycles. The van der Waals surface area contributed by atoms with Gasteiger partial charge in [0.25, 0.3) is 0 Å². The summed E-state index contributed by atoms with van der Waals surface area (Å²) in [6.45, 7) is 0. The molecule has 0 spiro atoms. The van der Waals surface area contributed by atoms with Gasteiger partial charge in [-0.25, -0.2) is 14.4 Å². The molecule has 6 heteroatoms. The van der Waals surface area contributed by atoms with E-state index < -0.39 is 5.82 Å². The SMILES string of the molecule is COc1ccc2cnc(Nc3ccc(F)c(Cl)c3)nc2c1C1CCCC1. The average molecular weight is 372 g/mol. The van der Waals surface area contributed by atoms with Crippen molar-refractivity contribution in [3.63, 3.8) is 0 Å². The molecule has 0 atom stereocenters. The van der Waals surface area contributed by atoms with Gasteiger partial charge in [-0.3, -0.25) is 0 Å². The Hall–Kier alpha value is -2.40. The molecule has 1 saturated carbocycles. The Morgan fingerprint density at radius 1 is 1.19 bits per heavy atom. The Labute approximate surface area is 156 Å². The van der Waals surface area contributed by atoms with E-state index in [0.29, 0.717) is 17.6 Å². The van der Waals surface area contributed by atoms with Crippen molar-refractivity contribution < 1.29 is 9.13 Å². The number of benzene rings is 2. The first-order valence-electron chi connectivity index (χ1n) is 8.71. The number of nitrogens with one attached hydrogen (secondary N) is 1. The number of ether oxygens (including phenoxy) is 1. The van der Waals surface area contributed by atoms with Crippen LogP contribution in [-0.2, 0) is 0 Å². The number of aromatic nitrogens is 2. The number of rotatable bonds is 4. The molecular formula is C20H19ClFN3O. The number of anilines is 2. The van der Waals surface area contributed by atoms with Gasteiger partial charge in [0.05, 0.1) is 17.6 Å². The standard InChI is InChI=1S/C20H19ClFN3O/c1-26-17-9-6-13-11-23-20(24-14-7-8-16(22)15(21)10-14)25-19(13)18(17)12-4-2-3-5-12/h6-12H,2-5H2,1H3,(H,23,24,25). The van der Waals surface area contributed by atoms with Crippen molar-refractivity contribution in [3.05, 3.63) is 52.9 Å². The van der Waals surface area contributed by atoms with E-state index in [1.165, 1.54) is 25.0 Å². The minimum absolute atomic E-state index is 0.0594. The van der Waals surface area contributed by atoms with Crippen LogP contribution in [0, 0.1) is 5.82 Å². The highest BCUT2D eigenvalue weighted by Crippen LogP contribution is 2.42. The van der Waals surface area contributed by atoms with Gasteiger partial charge in [0.15, 0.2) is 0 Å². The van der Waals surface area contributed by atoms with E-state index in [1.54, 1.807) is 19.4 Å². The maximum Gasteiger partial charge on any atom is 0.227 e. The van der Waals surface area contributed by atoms with Crippen LogP contribution in [0.4, 0.5) is 16.0 Å². The molecule has 0 unspecified atom stereocenters. The molecule has 4 nitrogen and oxygen atoms in total. The van der Waals surface area contributed by atoms with E-state index in [2.05, 4.69) is 10.3 Å². The molecule has 4 rings (SSSR count). The number of methoxy groups -OCH3 is 1. The second kappa shape index (κ2) is 7.08. The third-order valence-electron chi connectivity index (χ3n) is 4.91. The summed E-state index contributed by atoms with van der Waals surface area (Å²) in [4.78, 5) is 9.11. The van der Waals surface area contributed by atoms with Crippen molar-refractivity contribution in [2.45, 2.75) is 31.6 Å². The molecule has 134 valence electrons. The predicted octanol–water partition coefficient (Wildman–Crippen LogP) is 5.83. The van der Waals surface area contributed by atoms with Gasteiger partial charge in [-0.2, -0.15) is 0 Å². The summed E-state index contributed by atoms with van der Waals surface area (Å²) in [7, 11) is 1.69. The van der Waals surface area contributed by atoms with Crippen LogP contribution in [0.1, 0.15) is 37.2 Å². The van der Waals surface area contributed by atoms with Gasteiger partial charge in [-0.15, -0.1) is 0 Å². The van der Waals surface area contributed by atoms with E-state index in [9.17, 15) is 4.39 Å². The largest absolute Gasteiger partial charge is 0.496 e. The quantitative estimate of drug-likeness (QED) is 0.626. The summed E-state index contributed by atoms with van der Waals surface area (Å²) in [6, 6.07) is 8.42. The number of fused-ring (bicyclic) bond motifs is 1. The predicted molar refractivity (Wildman–Crippen MR) is 102 cm³/mol. The second-order valence-corrected chi connectivity index (χ2v) is 6.96. The van der Waals surface area contributed by atoms with E-state index in [0.717, 1.165) is 35.1 Å². The van der Waals surface area contributed by atoms with E-state index in [-0.39, 0.29) is 5.02 Å². The summed E-state index contributed by atoms with van der Waals surface area (Å²) >= 11 is 5.85. The fraction of sp³-hybridized carbons (Fsp3) is 0.300. The molecule has 1 heterocycles.